The van der Waals surface area contributed by atoms with Gasteiger partial charge in [0.25, 0.3) is 0 Å². The molecule has 0 unspecified atom stereocenters. The SMILES string of the molecule is CCc1c(N)ncnc1NCc1ccccc1OC. The Kier molecular flexibility index (Phi) is 4.18. The lowest BCUT2D eigenvalue weighted by atomic mass is 10.2. The van der Waals surface area contributed by atoms with Gasteiger partial charge in [-0.25, -0.2) is 9.97 Å². The normalized spacial score (nSPS) is 10.2. The molecular weight excluding hydrogens is 240 g/mol. The molecule has 0 atom stereocenters. The van der Waals surface area contributed by atoms with Gasteiger partial charge >= 0.3 is 0 Å². The van der Waals surface area contributed by atoms with E-state index < -0.39 is 0 Å². The summed E-state index contributed by atoms with van der Waals surface area (Å²) in [6.07, 6.45) is 2.26. The van der Waals surface area contributed by atoms with E-state index in [0.29, 0.717) is 12.4 Å². The van der Waals surface area contributed by atoms with Gasteiger partial charge in [-0.15, -0.1) is 0 Å². The van der Waals surface area contributed by atoms with E-state index in [2.05, 4.69) is 15.3 Å². The Bertz CT molecular complexity index is 557. The van der Waals surface area contributed by atoms with Crippen molar-refractivity contribution in [2.45, 2.75) is 19.9 Å². The number of ether oxygens (including phenoxy) is 1. The molecule has 0 aliphatic heterocycles. The number of benzene rings is 1. The second kappa shape index (κ2) is 6.04. The fourth-order valence-electron chi connectivity index (χ4n) is 1.95. The Hall–Kier alpha value is -2.30. The van der Waals surface area contributed by atoms with Crippen LogP contribution in [0, 0.1) is 0 Å². The van der Waals surface area contributed by atoms with Crippen molar-refractivity contribution in [2.24, 2.45) is 0 Å². The van der Waals surface area contributed by atoms with Crippen molar-refractivity contribution >= 4 is 11.6 Å². The lowest BCUT2D eigenvalue weighted by molar-refractivity contribution is 0.410. The van der Waals surface area contributed by atoms with Crippen molar-refractivity contribution in [3.05, 3.63) is 41.7 Å². The number of rotatable bonds is 5. The number of nitrogens with two attached hydrogens (primary N) is 1. The highest BCUT2D eigenvalue weighted by atomic mass is 16.5. The second-order valence-corrected chi connectivity index (χ2v) is 4.11. The predicted molar refractivity (Wildman–Crippen MR) is 76.1 cm³/mol. The number of hydrogen-bond acceptors (Lipinski definition) is 5. The first-order valence-corrected chi connectivity index (χ1v) is 6.21. The molecule has 2 aromatic rings. The molecule has 3 N–H and O–H groups in total. The van der Waals surface area contributed by atoms with Crippen LogP contribution in [0.2, 0.25) is 0 Å². The van der Waals surface area contributed by atoms with Gasteiger partial charge in [0, 0.05) is 17.7 Å². The molecule has 5 nitrogen and oxygen atoms in total. The van der Waals surface area contributed by atoms with Gasteiger partial charge in [-0.05, 0) is 12.5 Å². The largest absolute Gasteiger partial charge is 0.496 e. The molecule has 19 heavy (non-hydrogen) atoms. The molecule has 0 saturated carbocycles. The summed E-state index contributed by atoms with van der Waals surface area (Å²) in [6, 6.07) is 7.88. The molecule has 0 saturated heterocycles. The third-order valence-electron chi connectivity index (χ3n) is 2.97. The van der Waals surface area contributed by atoms with Crippen LogP contribution in [0.5, 0.6) is 5.75 Å². The zero-order valence-corrected chi connectivity index (χ0v) is 11.2. The van der Waals surface area contributed by atoms with Crippen molar-refractivity contribution in [2.75, 3.05) is 18.2 Å². The van der Waals surface area contributed by atoms with Gasteiger partial charge in [-0.3, -0.25) is 0 Å². The zero-order chi connectivity index (χ0) is 13.7. The molecular formula is C14H18N4O. The number of anilines is 2. The molecule has 100 valence electrons. The number of aromatic nitrogens is 2. The summed E-state index contributed by atoms with van der Waals surface area (Å²) in [4.78, 5) is 8.24. The summed E-state index contributed by atoms with van der Waals surface area (Å²) < 4.78 is 5.32. The Morgan fingerprint density at radius 1 is 1.26 bits per heavy atom. The topological polar surface area (TPSA) is 73.1 Å². The van der Waals surface area contributed by atoms with Crippen molar-refractivity contribution in [1.29, 1.82) is 0 Å². The minimum atomic E-state index is 0.528. The highest BCUT2D eigenvalue weighted by Gasteiger charge is 2.08. The number of nitrogens with zero attached hydrogens (tertiary/aromatic N) is 2. The Morgan fingerprint density at radius 3 is 2.79 bits per heavy atom. The fourth-order valence-corrected chi connectivity index (χ4v) is 1.95. The van der Waals surface area contributed by atoms with Crippen LogP contribution < -0.4 is 15.8 Å². The monoisotopic (exact) mass is 258 g/mol. The van der Waals surface area contributed by atoms with Gasteiger partial charge in [0.05, 0.1) is 7.11 Å². The Morgan fingerprint density at radius 2 is 2.05 bits per heavy atom. The molecule has 0 radical (unpaired) electrons. The van der Waals surface area contributed by atoms with Gasteiger partial charge in [-0.2, -0.15) is 0 Å². The highest BCUT2D eigenvalue weighted by molar-refractivity contribution is 5.55. The van der Waals surface area contributed by atoms with Crippen LogP contribution in [-0.4, -0.2) is 17.1 Å². The quantitative estimate of drug-likeness (QED) is 0.860. The summed E-state index contributed by atoms with van der Waals surface area (Å²) >= 11 is 0. The minimum absolute atomic E-state index is 0.528. The van der Waals surface area contributed by atoms with Crippen molar-refractivity contribution in [1.82, 2.24) is 9.97 Å². The molecule has 0 aliphatic rings. The van der Waals surface area contributed by atoms with Crippen LogP contribution in [-0.2, 0) is 13.0 Å². The Balaban J connectivity index is 2.17. The molecule has 5 heteroatoms. The predicted octanol–water partition coefficient (Wildman–Crippen LogP) is 2.24. The molecule has 1 heterocycles. The maximum absolute atomic E-state index is 5.84. The number of para-hydroxylation sites is 1. The number of methoxy groups -OCH3 is 1. The van der Waals surface area contributed by atoms with Crippen molar-refractivity contribution in [3.63, 3.8) is 0 Å². The van der Waals surface area contributed by atoms with E-state index in [-0.39, 0.29) is 0 Å². The summed E-state index contributed by atoms with van der Waals surface area (Å²) in [7, 11) is 1.67. The van der Waals surface area contributed by atoms with E-state index >= 15 is 0 Å². The van der Waals surface area contributed by atoms with Crippen LogP contribution in [0.3, 0.4) is 0 Å². The van der Waals surface area contributed by atoms with Crippen molar-refractivity contribution in [3.8, 4) is 5.75 Å². The van der Waals surface area contributed by atoms with E-state index in [0.717, 1.165) is 29.1 Å². The molecule has 0 spiro atoms. The van der Waals surface area contributed by atoms with Gasteiger partial charge in [0.1, 0.15) is 23.7 Å². The first kappa shape index (κ1) is 13.1. The summed E-state index contributed by atoms with van der Waals surface area (Å²) in [5.74, 6) is 2.16. The summed E-state index contributed by atoms with van der Waals surface area (Å²) in [6.45, 7) is 2.66. The molecule has 1 aromatic heterocycles. The van der Waals surface area contributed by atoms with Crippen LogP contribution in [0.15, 0.2) is 30.6 Å². The average Bonchev–Trinajstić information content (AvgIpc) is 2.45. The lowest BCUT2D eigenvalue weighted by Gasteiger charge is -2.12. The van der Waals surface area contributed by atoms with E-state index in [1.807, 2.05) is 31.2 Å². The smallest absolute Gasteiger partial charge is 0.134 e. The molecule has 0 fully saturated rings. The lowest BCUT2D eigenvalue weighted by Crippen LogP contribution is -2.08. The number of nitrogen functional groups attached to an aromatic ring is 1. The minimum Gasteiger partial charge on any atom is -0.496 e. The van der Waals surface area contributed by atoms with Crippen LogP contribution >= 0.6 is 0 Å². The first-order chi connectivity index (χ1) is 9.26. The van der Waals surface area contributed by atoms with E-state index in [1.54, 1.807) is 7.11 Å². The molecule has 2 rings (SSSR count). The van der Waals surface area contributed by atoms with Gasteiger partial charge in [-0.1, -0.05) is 25.1 Å². The van der Waals surface area contributed by atoms with Crippen LogP contribution in [0.1, 0.15) is 18.1 Å². The van der Waals surface area contributed by atoms with Gasteiger partial charge in [0.15, 0.2) is 0 Å². The highest BCUT2D eigenvalue weighted by Crippen LogP contribution is 2.21. The van der Waals surface area contributed by atoms with Gasteiger partial charge < -0.3 is 15.8 Å². The summed E-state index contributed by atoms with van der Waals surface area (Å²) in [5, 5.41) is 3.28. The molecule has 0 amide bonds. The third-order valence-corrected chi connectivity index (χ3v) is 2.97. The molecule has 1 aromatic carbocycles. The maximum atomic E-state index is 5.84. The van der Waals surface area contributed by atoms with Crippen molar-refractivity contribution < 1.29 is 4.74 Å². The standard InChI is InChI=1S/C14H18N4O/c1-3-11-13(15)17-9-18-14(11)16-8-10-6-4-5-7-12(10)19-2/h4-7,9H,3,8H2,1-2H3,(H3,15,16,17,18). The fraction of sp³-hybridized carbons (Fsp3) is 0.286. The first-order valence-electron chi connectivity index (χ1n) is 6.21. The Labute approximate surface area is 112 Å². The number of hydrogen-bond donors (Lipinski definition) is 2. The van der Waals surface area contributed by atoms with E-state index in [9.17, 15) is 0 Å². The molecule has 0 bridgehead atoms. The van der Waals surface area contributed by atoms with Gasteiger partial charge in [0.2, 0.25) is 0 Å². The zero-order valence-electron chi connectivity index (χ0n) is 11.2. The summed E-state index contributed by atoms with van der Waals surface area (Å²) in [5.41, 5.74) is 7.86. The molecule has 0 aliphatic carbocycles. The van der Waals surface area contributed by atoms with Crippen LogP contribution in [0.25, 0.3) is 0 Å². The van der Waals surface area contributed by atoms with E-state index in [1.165, 1.54) is 6.33 Å². The number of nitrogens with one attached hydrogen (secondary N) is 1. The maximum Gasteiger partial charge on any atom is 0.134 e. The van der Waals surface area contributed by atoms with Crippen LogP contribution in [0.4, 0.5) is 11.6 Å². The van der Waals surface area contributed by atoms with E-state index in [4.69, 9.17) is 10.5 Å². The second-order valence-electron chi connectivity index (χ2n) is 4.11. The average molecular weight is 258 g/mol. The third kappa shape index (κ3) is 2.93.